The van der Waals surface area contributed by atoms with Gasteiger partial charge in [-0.05, 0) is 31.0 Å². The molecule has 0 aliphatic rings. The molecule has 2 rings (SSSR count). The van der Waals surface area contributed by atoms with E-state index in [9.17, 15) is 4.79 Å². The Labute approximate surface area is 125 Å². The first-order valence-electron chi connectivity index (χ1n) is 6.06. The zero-order valence-electron chi connectivity index (χ0n) is 10.6. The van der Waals surface area contributed by atoms with Gasteiger partial charge in [-0.3, -0.25) is 4.79 Å². The lowest BCUT2D eigenvalue weighted by Crippen LogP contribution is -2.22. The summed E-state index contributed by atoms with van der Waals surface area (Å²) in [6.07, 6.45) is 3.08. The van der Waals surface area contributed by atoms with Gasteiger partial charge in [-0.25, -0.2) is 4.98 Å². The van der Waals surface area contributed by atoms with Crippen LogP contribution in [-0.2, 0) is 17.8 Å². The number of nitrogens with zero attached hydrogens (tertiary/aromatic N) is 1. The second-order valence-electron chi connectivity index (χ2n) is 4.25. The smallest absolute Gasteiger partial charge is 0.220 e. The summed E-state index contributed by atoms with van der Waals surface area (Å²) in [5.74, 6) is 0.0750. The van der Waals surface area contributed by atoms with E-state index in [1.54, 1.807) is 11.3 Å². The molecule has 0 aliphatic heterocycles. The van der Waals surface area contributed by atoms with Gasteiger partial charge >= 0.3 is 0 Å². The van der Waals surface area contributed by atoms with E-state index in [4.69, 9.17) is 0 Å². The lowest BCUT2D eigenvalue weighted by Gasteiger charge is -2.04. The molecule has 1 heterocycles. The Morgan fingerprint density at radius 3 is 3.00 bits per heavy atom. The number of halogens is 1. The number of aryl methyl sites for hydroxylation is 2. The zero-order valence-corrected chi connectivity index (χ0v) is 13.1. The van der Waals surface area contributed by atoms with E-state index in [2.05, 4.69) is 26.2 Å². The number of carbonyl (C=O) groups excluding carboxylic acids is 1. The first-order valence-corrected chi connectivity index (χ1v) is 7.67. The molecular weight excluding hydrogens is 324 g/mol. The van der Waals surface area contributed by atoms with Crippen LogP contribution in [0.1, 0.15) is 21.9 Å². The van der Waals surface area contributed by atoms with Gasteiger partial charge in [-0.1, -0.05) is 28.1 Å². The lowest BCUT2D eigenvalue weighted by molar-refractivity contribution is -0.121. The standard InChI is InChI=1S/C14H15BrN2OS/c1-10-16-8-13(19-10)9-17-14(18)6-5-11-3-2-4-12(15)7-11/h2-4,7-8H,5-6,9H2,1H3,(H,17,18). The molecule has 0 unspecified atom stereocenters. The second-order valence-corrected chi connectivity index (χ2v) is 6.49. The fourth-order valence-electron chi connectivity index (χ4n) is 1.71. The highest BCUT2D eigenvalue weighted by molar-refractivity contribution is 9.10. The van der Waals surface area contributed by atoms with Crippen LogP contribution in [0.3, 0.4) is 0 Å². The number of nitrogens with one attached hydrogen (secondary N) is 1. The van der Waals surface area contributed by atoms with Crippen LogP contribution in [0.25, 0.3) is 0 Å². The average molecular weight is 339 g/mol. The Balaban J connectivity index is 1.75. The van der Waals surface area contributed by atoms with Crippen molar-refractivity contribution in [1.82, 2.24) is 10.3 Å². The summed E-state index contributed by atoms with van der Waals surface area (Å²) in [7, 11) is 0. The molecule has 3 nitrogen and oxygen atoms in total. The Morgan fingerprint density at radius 2 is 2.32 bits per heavy atom. The summed E-state index contributed by atoms with van der Waals surface area (Å²) >= 11 is 5.04. The van der Waals surface area contributed by atoms with Gasteiger partial charge in [0.15, 0.2) is 0 Å². The summed E-state index contributed by atoms with van der Waals surface area (Å²) < 4.78 is 1.05. The SMILES string of the molecule is Cc1ncc(CNC(=O)CCc2cccc(Br)c2)s1. The van der Waals surface area contributed by atoms with Gasteiger partial charge in [0, 0.05) is 22.0 Å². The third kappa shape index (κ3) is 4.76. The van der Waals surface area contributed by atoms with Crippen LogP contribution < -0.4 is 5.32 Å². The molecule has 0 aliphatic carbocycles. The average Bonchev–Trinajstić information content (AvgIpc) is 2.80. The van der Waals surface area contributed by atoms with Crippen molar-refractivity contribution >= 4 is 33.2 Å². The zero-order chi connectivity index (χ0) is 13.7. The quantitative estimate of drug-likeness (QED) is 0.906. The van der Waals surface area contributed by atoms with Gasteiger partial charge in [-0.15, -0.1) is 11.3 Å². The van der Waals surface area contributed by atoms with E-state index >= 15 is 0 Å². The Hall–Kier alpha value is -1.20. The van der Waals surface area contributed by atoms with Crippen molar-refractivity contribution in [3.05, 3.63) is 50.4 Å². The van der Waals surface area contributed by atoms with E-state index < -0.39 is 0 Å². The van der Waals surface area contributed by atoms with Gasteiger partial charge in [0.1, 0.15) is 0 Å². The number of thiazole rings is 1. The molecule has 0 atom stereocenters. The van der Waals surface area contributed by atoms with Gasteiger partial charge in [0.25, 0.3) is 0 Å². The third-order valence-electron chi connectivity index (χ3n) is 2.66. The van der Waals surface area contributed by atoms with Gasteiger partial charge in [0.05, 0.1) is 11.6 Å². The molecular formula is C14H15BrN2OS. The Kier molecular flexibility index (Phi) is 5.10. The van der Waals surface area contributed by atoms with Crippen molar-refractivity contribution < 1.29 is 4.79 Å². The van der Waals surface area contributed by atoms with Crippen molar-refractivity contribution in [1.29, 1.82) is 0 Å². The topological polar surface area (TPSA) is 42.0 Å². The number of hydrogen-bond donors (Lipinski definition) is 1. The number of amides is 1. The van der Waals surface area contributed by atoms with Crippen molar-refractivity contribution in [2.75, 3.05) is 0 Å². The third-order valence-corrected chi connectivity index (χ3v) is 4.06. The summed E-state index contributed by atoms with van der Waals surface area (Å²) in [6, 6.07) is 8.04. The van der Waals surface area contributed by atoms with E-state index in [1.165, 1.54) is 0 Å². The predicted octanol–water partition coefficient (Wildman–Crippen LogP) is 3.46. The molecule has 0 saturated carbocycles. The highest BCUT2D eigenvalue weighted by atomic mass is 79.9. The largest absolute Gasteiger partial charge is 0.351 e. The lowest BCUT2D eigenvalue weighted by atomic mass is 10.1. The molecule has 0 fully saturated rings. The molecule has 0 saturated heterocycles. The van der Waals surface area contributed by atoms with Crippen molar-refractivity contribution in [3.8, 4) is 0 Å². The molecule has 19 heavy (non-hydrogen) atoms. The first kappa shape index (κ1) is 14.2. The molecule has 0 radical (unpaired) electrons. The fraction of sp³-hybridized carbons (Fsp3) is 0.286. The molecule has 100 valence electrons. The van der Waals surface area contributed by atoms with Gasteiger partial charge < -0.3 is 5.32 Å². The number of benzene rings is 1. The van der Waals surface area contributed by atoms with Crippen LogP contribution in [0.4, 0.5) is 0 Å². The minimum atomic E-state index is 0.0750. The molecule has 1 N–H and O–H groups in total. The highest BCUT2D eigenvalue weighted by Crippen LogP contribution is 2.13. The summed E-state index contributed by atoms with van der Waals surface area (Å²) in [6.45, 7) is 2.53. The van der Waals surface area contributed by atoms with Crippen LogP contribution in [-0.4, -0.2) is 10.9 Å². The predicted molar refractivity (Wildman–Crippen MR) is 81.2 cm³/mol. The number of hydrogen-bond acceptors (Lipinski definition) is 3. The van der Waals surface area contributed by atoms with Gasteiger partial charge in [0.2, 0.25) is 5.91 Å². The van der Waals surface area contributed by atoms with Crippen LogP contribution in [0.5, 0.6) is 0 Å². The normalized spacial score (nSPS) is 10.4. The molecule has 1 aromatic heterocycles. The highest BCUT2D eigenvalue weighted by Gasteiger charge is 2.04. The molecule has 0 spiro atoms. The molecule has 2 aromatic rings. The van der Waals surface area contributed by atoms with Crippen molar-refractivity contribution in [2.45, 2.75) is 26.3 Å². The van der Waals surface area contributed by atoms with E-state index in [0.29, 0.717) is 13.0 Å². The van der Waals surface area contributed by atoms with Crippen LogP contribution in [0.15, 0.2) is 34.9 Å². The number of carbonyl (C=O) groups is 1. The van der Waals surface area contributed by atoms with Gasteiger partial charge in [-0.2, -0.15) is 0 Å². The first-order chi connectivity index (χ1) is 9.13. The summed E-state index contributed by atoms with van der Waals surface area (Å²) in [5, 5.41) is 3.94. The molecule has 1 amide bonds. The minimum absolute atomic E-state index is 0.0750. The number of aromatic nitrogens is 1. The van der Waals surface area contributed by atoms with E-state index in [0.717, 1.165) is 26.3 Å². The Bertz CT molecular complexity index is 568. The van der Waals surface area contributed by atoms with E-state index in [-0.39, 0.29) is 5.91 Å². The molecule has 0 bridgehead atoms. The molecule has 5 heteroatoms. The Morgan fingerprint density at radius 1 is 1.47 bits per heavy atom. The fourth-order valence-corrected chi connectivity index (χ4v) is 2.89. The molecule has 1 aromatic carbocycles. The summed E-state index contributed by atoms with van der Waals surface area (Å²) in [5.41, 5.74) is 1.16. The maximum atomic E-state index is 11.7. The van der Waals surface area contributed by atoms with Crippen molar-refractivity contribution in [3.63, 3.8) is 0 Å². The van der Waals surface area contributed by atoms with Crippen LogP contribution in [0.2, 0.25) is 0 Å². The van der Waals surface area contributed by atoms with E-state index in [1.807, 2.05) is 37.4 Å². The van der Waals surface area contributed by atoms with Crippen molar-refractivity contribution in [2.24, 2.45) is 0 Å². The summed E-state index contributed by atoms with van der Waals surface area (Å²) in [4.78, 5) is 17.0. The van der Waals surface area contributed by atoms with Crippen LogP contribution >= 0.6 is 27.3 Å². The maximum absolute atomic E-state index is 11.7. The second kappa shape index (κ2) is 6.82. The maximum Gasteiger partial charge on any atom is 0.220 e. The monoisotopic (exact) mass is 338 g/mol. The minimum Gasteiger partial charge on any atom is -0.351 e. The number of rotatable bonds is 5. The van der Waals surface area contributed by atoms with Crippen LogP contribution in [0, 0.1) is 6.92 Å².